The fraction of sp³-hybridized carbons (Fsp3) is 0.300. The second kappa shape index (κ2) is 7.70. The highest BCUT2D eigenvalue weighted by Crippen LogP contribution is 2.32. The molecule has 25 heavy (non-hydrogen) atoms. The van der Waals surface area contributed by atoms with Crippen molar-refractivity contribution in [1.29, 1.82) is 0 Å². The number of carbonyl (C=O) groups excluding carboxylic acids is 2. The zero-order valence-corrected chi connectivity index (χ0v) is 14.8. The maximum absolute atomic E-state index is 12.4. The number of amides is 1. The van der Waals surface area contributed by atoms with Gasteiger partial charge >= 0.3 is 0 Å². The van der Waals surface area contributed by atoms with E-state index in [0.717, 1.165) is 0 Å². The van der Waals surface area contributed by atoms with Gasteiger partial charge in [0.15, 0.2) is 12.4 Å². The van der Waals surface area contributed by atoms with Crippen LogP contribution in [0.3, 0.4) is 0 Å². The lowest BCUT2D eigenvalue weighted by Crippen LogP contribution is -2.37. The van der Waals surface area contributed by atoms with Crippen molar-refractivity contribution < 1.29 is 14.3 Å². The molecule has 1 saturated carbocycles. The van der Waals surface area contributed by atoms with E-state index in [4.69, 9.17) is 16.3 Å². The van der Waals surface area contributed by atoms with Gasteiger partial charge in [-0.05, 0) is 74.2 Å². The van der Waals surface area contributed by atoms with Crippen LogP contribution in [-0.4, -0.2) is 24.3 Å². The molecule has 1 aliphatic rings. The number of hydrogen-bond donors (Lipinski definition) is 1. The zero-order chi connectivity index (χ0) is 17.8. The summed E-state index contributed by atoms with van der Waals surface area (Å²) in [5.74, 6) is 0.962. The van der Waals surface area contributed by atoms with E-state index in [0.29, 0.717) is 27.8 Å². The summed E-state index contributed by atoms with van der Waals surface area (Å²) in [5.41, 5.74) is 1.13. The molecule has 2 aromatic carbocycles. The van der Waals surface area contributed by atoms with Crippen molar-refractivity contribution in [2.45, 2.75) is 25.8 Å². The number of rotatable bonds is 7. The highest BCUT2D eigenvalue weighted by atomic mass is 35.5. The van der Waals surface area contributed by atoms with Crippen LogP contribution >= 0.6 is 11.6 Å². The average Bonchev–Trinajstić information content (AvgIpc) is 3.46. The fourth-order valence-corrected chi connectivity index (χ4v) is 2.76. The van der Waals surface area contributed by atoms with Crippen LogP contribution in [0.4, 0.5) is 0 Å². The third-order valence-electron chi connectivity index (χ3n) is 4.31. The molecule has 3 rings (SSSR count). The van der Waals surface area contributed by atoms with Gasteiger partial charge in [0.05, 0.1) is 0 Å². The van der Waals surface area contributed by atoms with Crippen LogP contribution in [0.15, 0.2) is 48.5 Å². The van der Waals surface area contributed by atoms with Gasteiger partial charge in [0.1, 0.15) is 5.75 Å². The van der Waals surface area contributed by atoms with Crippen LogP contribution in [0.2, 0.25) is 5.02 Å². The van der Waals surface area contributed by atoms with Gasteiger partial charge in [0, 0.05) is 22.2 Å². The second-order valence-corrected chi connectivity index (χ2v) is 6.78. The van der Waals surface area contributed by atoms with Crippen molar-refractivity contribution in [1.82, 2.24) is 5.32 Å². The maximum Gasteiger partial charge on any atom is 0.258 e. The van der Waals surface area contributed by atoms with Crippen LogP contribution in [0.25, 0.3) is 0 Å². The molecule has 0 bridgehead atoms. The summed E-state index contributed by atoms with van der Waals surface area (Å²) >= 11 is 5.84. The summed E-state index contributed by atoms with van der Waals surface area (Å²) < 4.78 is 5.48. The minimum absolute atomic E-state index is 0.0263. The van der Waals surface area contributed by atoms with Gasteiger partial charge in [-0.3, -0.25) is 9.59 Å². The van der Waals surface area contributed by atoms with Crippen molar-refractivity contribution in [3.05, 3.63) is 64.7 Å². The first kappa shape index (κ1) is 17.5. The molecule has 0 radical (unpaired) electrons. The zero-order valence-electron chi connectivity index (χ0n) is 14.0. The molecule has 0 saturated heterocycles. The molecule has 0 aliphatic heterocycles. The predicted molar refractivity (Wildman–Crippen MR) is 97.2 cm³/mol. The Morgan fingerprint density at radius 2 is 1.64 bits per heavy atom. The Morgan fingerprint density at radius 1 is 1.08 bits per heavy atom. The predicted octanol–water partition coefficient (Wildman–Crippen LogP) is 3.86. The van der Waals surface area contributed by atoms with Gasteiger partial charge in [-0.25, -0.2) is 0 Å². The average molecular weight is 358 g/mol. The molecular weight excluding hydrogens is 338 g/mol. The number of carbonyl (C=O) groups is 2. The van der Waals surface area contributed by atoms with Gasteiger partial charge in [-0.1, -0.05) is 11.6 Å². The van der Waals surface area contributed by atoms with E-state index in [1.807, 2.05) is 6.92 Å². The van der Waals surface area contributed by atoms with E-state index in [9.17, 15) is 9.59 Å². The lowest BCUT2D eigenvalue weighted by atomic mass is 10.0. The SMILES string of the molecule is CC(NC(=O)COc1ccc(C(=O)c2ccc(Cl)cc2)cc1)C1CC1. The molecule has 1 N–H and O–H groups in total. The first-order chi connectivity index (χ1) is 12.0. The Hall–Kier alpha value is -2.33. The Balaban J connectivity index is 1.53. The summed E-state index contributed by atoms with van der Waals surface area (Å²) in [7, 11) is 0. The molecule has 1 atom stereocenters. The van der Waals surface area contributed by atoms with Crippen LogP contribution in [0.5, 0.6) is 5.75 Å². The first-order valence-electron chi connectivity index (χ1n) is 8.35. The Morgan fingerprint density at radius 3 is 2.20 bits per heavy atom. The summed E-state index contributed by atoms with van der Waals surface area (Å²) in [4.78, 5) is 24.2. The van der Waals surface area contributed by atoms with E-state index < -0.39 is 0 Å². The third-order valence-corrected chi connectivity index (χ3v) is 4.56. The van der Waals surface area contributed by atoms with Crippen molar-refractivity contribution in [3.63, 3.8) is 0 Å². The minimum atomic E-state index is -0.124. The van der Waals surface area contributed by atoms with Gasteiger partial charge in [0.25, 0.3) is 5.91 Å². The smallest absolute Gasteiger partial charge is 0.258 e. The largest absolute Gasteiger partial charge is 0.484 e. The van der Waals surface area contributed by atoms with E-state index >= 15 is 0 Å². The van der Waals surface area contributed by atoms with Crippen LogP contribution in [0.1, 0.15) is 35.7 Å². The minimum Gasteiger partial charge on any atom is -0.484 e. The molecule has 1 amide bonds. The lowest BCUT2D eigenvalue weighted by molar-refractivity contribution is -0.123. The molecule has 5 heteroatoms. The van der Waals surface area contributed by atoms with Crippen LogP contribution < -0.4 is 10.1 Å². The molecule has 1 unspecified atom stereocenters. The molecule has 0 heterocycles. The van der Waals surface area contributed by atoms with E-state index in [2.05, 4.69) is 5.32 Å². The topological polar surface area (TPSA) is 55.4 Å². The third kappa shape index (κ3) is 4.83. The Labute approximate surface area is 152 Å². The quantitative estimate of drug-likeness (QED) is 0.765. The van der Waals surface area contributed by atoms with Crippen molar-refractivity contribution in [2.75, 3.05) is 6.61 Å². The summed E-state index contributed by atoms with van der Waals surface area (Å²) in [6, 6.07) is 13.7. The maximum atomic E-state index is 12.4. The first-order valence-corrected chi connectivity index (χ1v) is 8.73. The number of halogens is 1. The summed E-state index contributed by atoms with van der Waals surface area (Å²) in [6.07, 6.45) is 2.37. The molecule has 2 aromatic rings. The number of nitrogens with one attached hydrogen (secondary N) is 1. The van der Waals surface area contributed by atoms with Crippen LogP contribution in [-0.2, 0) is 4.79 Å². The highest BCUT2D eigenvalue weighted by molar-refractivity contribution is 6.30. The molecular formula is C20H20ClNO3. The number of ketones is 1. The lowest BCUT2D eigenvalue weighted by Gasteiger charge is -2.13. The molecule has 130 valence electrons. The highest BCUT2D eigenvalue weighted by Gasteiger charge is 2.28. The molecule has 0 aromatic heterocycles. The monoisotopic (exact) mass is 357 g/mol. The van der Waals surface area contributed by atoms with E-state index in [-0.39, 0.29) is 24.3 Å². The van der Waals surface area contributed by atoms with Crippen molar-refractivity contribution >= 4 is 23.3 Å². The van der Waals surface area contributed by atoms with Gasteiger partial charge in [-0.2, -0.15) is 0 Å². The van der Waals surface area contributed by atoms with Crippen LogP contribution in [0, 0.1) is 5.92 Å². The Kier molecular flexibility index (Phi) is 5.39. The van der Waals surface area contributed by atoms with Gasteiger partial charge in [0.2, 0.25) is 0 Å². The number of ether oxygens (including phenoxy) is 1. The second-order valence-electron chi connectivity index (χ2n) is 6.34. The van der Waals surface area contributed by atoms with E-state index in [1.54, 1.807) is 48.5 Å². The number of hydrogen-bond acceptors (Lipinski definition) is 3. The van der Waals surface area contributed by atoms with Crippen molar-refractivity contribution in [2.24, 2.45) is 5.92 Å². The van der Waals surface area contributed by atoms with Crippen molar-refractivity contribution in [3.8, 4) is 5.75 Å². The van der Waals surface area contributed by atoms with E-state index in [1.165, 1.54) is 12.8 Å². The van der Waals surface area contributed by atoms with Gasteiger partial charge < -0.3 is 10.1 Å². The van der Waals surface area contributed by atoms with Gasteiger partial charge in [-0.15, -0.1) is 0 Å². The normalized spacial score (nSPS) is 14.6. The molecule has 1 fully saturated rings. The fourth-order valence-electron chi connectivity index (χ4n) is 2.63. The standard InChI is InChI=1S/C20H20ClNO3/c1-13(14-2-3-14)22-19(23)12-25-18-10-6-16(7-11-18)20(24)15-4-8-17(21)9-5-15/h4-11,13-14H,2-3,12H2,1H3,(H,22,23). The Bertz CT molecular complexity index is 752. The summed E-state index contributed by atoms with van der Waals surface area (Å²) in [5, 5.41) is 3.53. The summed E-state index contributed by atoms with van der Waals surface area (Å²) in [6.45, 7) is 1.99. The molecule has 0 spiro atoms. The number of benzene rings is 2. The molecule has 1 aliphatic carbocycles. The molecule has 4 nitrogen and oxygen atoms in total.